The Morgan fingerprint density at radius 1 is 1.00 bits per heavy atom. The molecule has 34 heavy (non-hydrogen) atoms. The van der Waals surface area contributed by atoms with Gasteiger partial charge in [0.25, 0.3) is 0 Å². The lowest BCUT2D eigenvalue weighted by Crippen LogP contribution is -2.34. The predicted octanol–water partition coefficient (Wildman–Crippen LogP) is 5.06. The molecule has 0 aliphatic carbocycles. The van der Waals surface area contributed by atoms with Crippen molar-refractivity contribution < 1.29 is 14.3 Å². The van der Waals surface area contributed by atoms with Crippen LogP contribution in [-0.4, -0.2) is 41.1 Å². The number of carbonyl (C=O) groups excluding carboxylic acids is 1. The van der Waals surface area contributed by atoms with Crippen LogP contribution in [0, 0.1) is 0 Å². The fraction of sp³-hybridized carbons (Fsp3) is 0.185. The Morgan fingerprint density at radius 2 is 1.74 bits per heavy atom. The van der Waals surface area contributed by atoms with E-state index in [0.29, 0.717) is 18.8 Å². The summed E-state index contributed by atoms with van der Waals surface area (Å²) in [5, 5.41) is 1.01. The van der Waals surface area contributed by atoms with Crippen LogP contribution in [0.4, 0.5) is 0 Å². The Balaban J connectivity index is 0.00000274. The molecule has 0 spiro atoms. The maximum absolute atomic E-state index is 13.0. The molecule has 0 atom stereocenters. The summed E-state index contributed by atoms with van der Waals surface area (Å²) < 4.78 is 12.9. The van der Waals surface area contributed by atoms with E-state index in [2.05, 4.69) is 9.55 Å². The van der Waals surface area contributed by atoms with E-state index >= 15 is 0 Å². The second-order valence-electron chi connectivity index (χ2n) is 7.98. The fourth-order valence-corrected chi connectivity index (χ4v) is 4.34. The smallest absolute Gasteiger partial charge is 0.246 e. The van der Waals surface area contributed by atoms with E-state index in [9.17, 15) is 4.79 Å². The molecule has 0 N–H and O–H groups in total. The van der Waals surface area contributed by atoms with Crippen molar-refractivity contribution in [2.24, 2.45) is 0 Å². The van der Waals surface area contributed by atoms with E-state index in [-0.39, 0.29) is 18.3 Å². The standard InChI is InChI=1S/C27H25N3O3.ClH/c1-32-24-15-19-12-14-29(17-21(19)16-25(24)33-2)26(31)11-10-20-18-30(22-7-4-3-5-8-22)27-23(20)9-6-13-28-27;/h3-11,13,15-16,18H,12,14,17H2,1-2H3;1H. The van der Waals surface area contributed by atoms with Gasteiger partial charge in [-0.2, -0.15) is 0 Å². The van der Waals surface area contributed by atoms with Crippen LogP contribution in [0.25, 0.3) is 22.8 Å². The number of nitrogens with zero attached hydrogens (tertiary/aromatic N) is 3. The highest BCUT2D eigenvalue weighted by Crippen LogP contribution is 2.33. The number of benzene rings is 2. The summed E-state index contributed by atoms with van der Waals surface area (Å²) in [4.78, 5) is 19.5. The predicted molar refractivity (Wildman–Crippen MR) is 136 cm³/mol. The third kappa shape index (κ3) is 4.37. The van der Waals surface area contributed by atoms with Crippen molar-refractivity contribution in [2.45, 2.75) is 13.0 Å². The summed E-state index contributed by atoms with van der Waals surface area (Å²) in [6.07, 6.45) is 8.14. The van der Waals surface area contributed by atoms with Crippen molar-refractivity contribution in [2.75, 3.05) is 20.8 Å². The van der Waals surface area contributed by atoms with Crippen LogP contribution in [0.2, 0.25) is 0 Å². The number of carbonyl (C=O) groups is 1. The number of halogens is 1. The zero-order valence-corrected chi connectivity index (χ0v) is 19.9. The topological polar surface area (TPSA) is 56.6 Å². The number of amides is 1. The van der Waals surface area contributed by atoms with Gasteiger partial charge in [0.15, 0.2) is 11.5 Å². The summed E-state index contributed by atoms with van der Waals surface area (Å²) in [6, 6.07) is 18.0. The van der Waals surface area contributed by atoms with Gasteiger partial charge in [-0.1, -0.05) is 18.2 Å². The molecule has 0 bridgehead atoms. The van der Waals surface area contributed by atoms with Gasteiger partial charge in [0.2, 0.25) is 5.91 Å². The molecule has 1 aliphatic rings. The monoisotopic (exact) mass is 475 g/mol. The zero-order valence-electron chi connectivity index (χ0n) is 19.1. The molecule has 0 unspecified atom stereocenters. The van der Waals surface area contributed by atoms with Crippen molar-refractivity contribution in [3.8, 4) is 17.2 Å². The Bertz CT molecular complexity index is 1350. The number of hydrogen-bond donors (Lipinski definition) is 0. The average molecular weight is 476 g/mol. The molecule has 0 fully saturated rings. The molecule has 3 heterocycles. The van der Waals surface area contributed by atoms with Gasteiger partial charge < -0.3 is 18.9 Å². The molecule has 6 nitrogen and oxygen atoms in total. The highest BCUT2D eigenvalue weighted by molar-refractivity contribution is 5.96. The number of pyridine rings is 1. The number of aromatic nitrogens is 2. The molecule has 7 heteroatoms. The van der Waals surface area contributed by atoms with Gasteiger partial charge in [-0.15, -0.1) is 12.4 Å². The molecule has 0 saturated heterocycles. The molecular formula is C27H26ClN3O3. The van der Waals surface area contributed by atoms with Gasteiger partial charge in [-0.05, 0) is 60.0 Å². The fourth-order valence-electron chi connectivity index (χ4n) is 4.34. The van der Waals surface area contributed by atoms with Crippen LogP contribution in [0.3, 0.4) is 0 Å². The quantitative estimate of drug-likeness (QED) is 0.378. The van der Waals surface area contributed by atoms with Crippen molar-refractivity contribution in [1.29, 1.82) is 0 Å². The number of hydrogen-bond acceptors (Lipinski definition) is 4. The first-order chi connectivity index (χ1) is 16.2. The molecule has 0 saturated carbocycles. The number of rotatable bonds is 5. The molecule has 0 radical (unpaired) electrons. The molecule has 4 aromatic rings. The van der Waals surface area contributed by atoms with E-state index < -0.39 is 0 Å². The average Bonchev–Trinajstić information content (AvgIpc) is 3.25. The number of methoxy groups -OCH3 is 2. The first kappa shape index (κ1) is 23.4. The number of para-hydroxylation sites is 1. The van der Waals surface area contributed by atoms with Crippen molar-refractivity contribution in [3.05, 3.63) is 89.8 Å². The Hall–Kier alpha value is -3.77. The van der Waals surface area contributed by atoms with Gasteiger partial charge in [0, 0.05) is 48.2 Å². The third-order valence-corrected chi connectivity index (χ3v) is 6.06. The molecule has 2 aromatic carbocycles. The van der Waals surface area contributed by atoms with Crippen LogP contribution in [-0.2, 0) is 17.8 Å². The second kappa shape index (κ2) is 10.0. The van der Waals surface area contributed by atoms with Crippen LogP contribution in [0.5, 0.6) is 11.5 Å². The van der Waals surface area contributed by atoms with E-state index in [1.807, 2.05) is 71.8 Å². The summed E-state index contributed by atoms with van der Waals surface area (Å²) in [5.74, 6) is 1.39. The number of fused-ring (bicyclic) bond motifs is 2. The Morgan fingerprint density at radius 3 is 2.47 bits per heavy atom. The first-order valence-corrected chi connectivity index (χ1v) is 10.9. The van der Waals surface area contributed by atoms with Gasteiger partial charge in [-0.25, -0.2) is 4.98 Å². The SMILES string of the molecule is COc1cc2c(cc1OC)CN(C(=O)C=Cc1cn(-c3ccccc3)c3ncccc13)CC2.Cl. The maximum atomic E-state index is 13.0. The van der Waals surface area contributed by atoms with Crippen molar-refractivity contribution in [3.63, 3.8) is 0 Å². The molecule has 5 rings (SSSR count). The number of ether oxygens (including phenoxy) is 2. The first-order valence-electron chi connectivity index (χ1n) is 10.9. The summed E-state index contributed by atoms with van der Waals surface area (Å²) in [5.41, 5.74) is 5.13. The molecule has 2 aromatic heterocycles. The van der Waals surface area contributed by atoms with Crippen molar-refractivity contribution >= 4 is 35.4 Å². The zero-order chi connectivity index (χ0) is 22.8. The largest absolute Gasteiger partial charge is 0.493 e. The van der Waals surface area contributed by atoms with Crippen LogP contribution >= 0.6 is 12.4 Å². The molecular weight excluding hydrogens is 450 g/mol. The molecule has 174 valence electrons. The summed E-state index contributed by atoms with van der Waals surface area (Å²) >= 11 is 0. The third-order valence-electron chi connectivity index (χ3n) is 6.06. The molecule has 1 amide bonds. The minimum atomic E-state index is -0.0139. The lowest BCUT2D eigenvalue weighted by molar-refractivity contribution is -0.126. The highest BCUT2D eigenvalue weighted by Gasteiger charge is 2.22. The lowest BCUT2D eigenvalue weighted by Gasteiger charge is -2.28. The Labute approximate surface area is 204 Å². The molecule has 1 aliphatic heterocycles. The lowest BCUT2D eigenvalue weighted by atomic mass is 9.98. The van der Waals surface area contributed by atoms with Crippen LogP contribution in [0.1, 0.15) is 16.7 Å². The van der Waals surface area contributed by atoms with Gasteiger partial charge in [0.1, 0.15) is 5.65 Å². The van der Waals surface area contributed by atoms with Crippen LogP contribution < -0.4 is 9.47 Å². The minimum Gasteiger partial charge on any atom is -0.493 e. The second-order valence-corrected chi connectivity index (χ2v) is 7.98. The van der Waals surface area contributed by atoms with E-state index in [1.54, 1.807) is 26.5 Å². The summed E-state index contributed by atoms with van der Waals surface area (Å²) in [7, 11) is 3.26. The summed E-state index contributed by atoms with van der Waals surface area (Å²) in [6.45, 7) is 1.21. The Kier molecular flexibility index (Phi) is 6.89. The normalized spacial score (nSPS) is 12.9. The maximum Gasteiger partial charge on any atom is 0.246 e. The highest BCUT2D eigenvalue weighted by atomic mass is 35.5. The van der Waals surface area contributed by atoms with Crippen molar-refractivity contribution in [1.82, 2.24) is 14.5 Å². The van der Waals surface area contributed by atoms with E-state index in [4.69, 9.17) is 9.47 Å². The van der Waals surface area contributed by atoms with Gasteiger partial charge >= 0.3 is 0 Å². The van der Waals surface area contributed by atoms with E-state index in [0.717, 1.165) is 40.0 Å². The minimum absolute atomic E-state index is 0. The van der Waals surface area contributed by atoms with Gasteiger partial charge in [0.05, 0.1) is 14.2 Å². The van der Waals surface area contributed by atoms with Crippen LogP contribution in [0.15, 0.2) is 73.1 Å². The van der Waals surface area contributed by atoms with Gasteiger partial charge in [-0.3, -0.25) is 4.79 Å². The van der Waals surface area contributed by atoms with E-state index in [1.165, 1.54) is 5.56 Å².